The van der Waals surface area contributed by atoms with Crippen molar-refractivity contribution < 1.29 is 9.59 Å². The third-order valence-corrected chi connectivity index (χ3v) is 2.41. The standard InChI is InChI=1S/C13H26N2O2/c1-9(2)8-15(7)11(16)10(3)14-12(17)13(4,5)6/h9-10H,8H2,1-7H3,(H,14,17). The fourth-order valence-corrected chi connectivity index (χ4v) is 1.44. The van der Waals surface area contributed by atoms with Crippen molar-refractivity contribution >= 4 is 11.8 Å². The minimum Gasteiger partial charge on any atom is -0.344 e. The van der Waals surface area contributed by atoms with Crippen LogP contribution in [0.3, 0.4) is 0 Å². The van der Waals surface area contributed by atoms with E-state index in [1.165, 1.54) is 0 Å². The second-order valence-corrected chi connectivity index (χ2v) is 6.06. The van der Waals surface area contributed by atoms with E-state index < -0.39 is 11.5 Å². The summed E-state index contributed by atoms with van der Waals surface area (Å²) in [4.78, 5) is 25.4. The Balaban J connectivity index is 4.37. The van der Waals surface area contributed by atoms with Gasteiger partial charge in [0.15, 0.2) is 0 Å². The molecule has 0 saturated heterocycles. The van der Waals surface area contributed by atoms with E-state index in [1.54, 1.807) is 18.9 Å². The van der Waals surface area contributed by atoms with Crippen LogP contribution in [0.4, 0.5) is 0 Å². The van der Waals surface area contributed by atoms with E-state index in [0.717, 1.165) is 0 Å². The molecular weight excluding hydrogens is 216 g/mol. The minimum atomic E-state index is -0.467. The average Bonchev–Trinajstić information content (AvgIpc) is 2.13. The molecule has 0 radical (unpaired) electrons. The summed E-state index contributed by atoms with van der Waals surface area (Å²) in [5.74, 6) is 0.280. The van der Waals surface area contributed by atoms with Gasteiger partial charge in [-0.1, -0.05) is 34.6 Å². The van der Waals surface area contributed by atoms with E-state index in [0.29, 0.717) is 12.5 Å². The lowest BCUT2D eigenvalue weighted by Gasteiger charge is -2.26. The molecule has 0 aromatic rings. The molecule has 0 bridgehead atoms. The highest BCUT2D eigenvalue weighted by Crippen LogP contribution is 2.13. The maximum Gasteiger partial charge on any atom is 0.244 e. The summed E-state index contributed by atoms with van der Waals surface area (Å²) in [5, 5.41) is 2.74. The third-order valence-electron chi connectivity index (χ3n) is 2.41. The average molecular weight is 242 g/mol. The predicted molar refractivity (Wildman–Crippen MR) is 69.5 cm³/mol. The van der Waals surface area contributed by atoms with Crippen molar-refractivity contribution in [1.82, 2.24) is 10.2 Å². The molecule has 4 nitrogen and oxygen atoms in total. The van der Waals surface area contributed by atoms with Crippen LogP contribution in [0.5, 0.6) is 0 Å². The number of nitrogens with one attached hydrogen (secondary N) is 1. The zero-order valence-corrected chi connectivity index (χ0v) is 12.1. The van der Waals surface area contributed by atoms with E-state index in [9.17, 15) is 9.59 Å². The number of rotatable bonds is 4. The first-order valence-electron chi connectivity index (χ1n) is 6.11. The Hall–Kier alpha value is -1.06. The first-order chi connectivity index (χ1) is 7.55. The molecule has 0 aliphatic heterocycles. The molecule has 0 heterocycles. The first-order valence-corrected chi connectivity index (χ1v) is 6.11. The predicted octanol–water partition coefficient (Wildman–Crippen LogP) is 1.65. The van der Waals surface area contributed by atoms with Gasteiger partial charge in [0.2, 0.25) is 11.8 Å². The van der Waals surface area contributed by atoms with Crippen LogP contribution in [0.1, 0.15) is 41.5 Å². The van der Waals surface area contributed by atoms with E-state index in [4.69, 9.17) is 0 Å². The molecule has 0 aromatic carbocycles. The van der Waals surface area contributed by atoms with E-state index in [1.807, 2.05) is 20.8 Å². The normalized spacial score (nSPS) is 13.4. The molecule has 0 aromatic heterocycles. The molecule has 2 amide bonds. The van der Waals surface area contributed by atoms with Gasteiger partial charge in [-0.25, -0.2) is 0 Å². The number of carbonyl (C=O) groups is 2. The molecule has 1 atom stereocenters. The van der Waals surface area contributed by atoms with Gasteiger partial charge in [-0.15, -0.1) is 0 Å². The maximum absolute atomic E-state index is 12.0. The Morgan fingerprint density at radius 3 is 2.00 bits per heavy atom. The highest BCUT2D eigenvalue weighted by molar-refractivity contribution is 5.89. The number of carbonyl (C=O) groups excluding carboxylic acids is 2. The summed E-state index contributed by atoms with van der Waals surface area (Å²) < 4.78 is 0. The van der Waals surface area contributed by atoms with Gasteiger partial charge in [-0.3, -0.25) is 9.59 Å². The Labute approximate surface area is 105 Å². The Bertz CT molecular complexity index is 280. The Kier molecular flexibility index (Phi) is 5.66. The molecule has 0 fully saturated rings. The van der Waals surface area contributed by atoms with Crippen LogP contribution in [-0.2, 0) is 9.59 Å². The monoisotopic (exact) mass is 242 g/mol. The number of amides is 2. The maximum atomic E-state index is 12.0. The van der Waals surface area contributed by atoms with Crippen molar-refractivity contribution in [2.24, 2.45) is 11.3 Å². The van der Waals surface area contributed by atoms with Crippen molar-refractivity contribution in [3.63, 3.8) is 0 Å². The number of hydrogen-bond donors (Lipinski definition) is 1. The summed E-state index contributed by atoms with van der Waals surface area (Å²) in [6.45, 7) is 12.0. The van der Waals surface area contributed by atoms with Crippen molar-refractivity contribution in [1.29, 1.82) is 0 Å². The van der Waals surface area contributed by atoms with Crippen molar-refractivity contribution in [3.8, 4) is 0 Å². The van der Waals surface area contributed by atoms with Crippen LogP contribution in [0.15, 0.2) is 0 Å². The molecule has 0 aliphatic rings. The second kappa shape index (κ2) is 6.03. The molecule has 0 saturated carbocycles. The highest BCUT2D eigenvalue weighted by Gasteiger charge is 2.26. The minimum absolute atomic E-state index is 0.0451. The molecule has 1 unspecified atom stereocenters. The molecule has 0 spiro atoms. The van der Waals surface area contributed by atoms with Gasteiger partial charge in [-0.2, -0.15) is 0 Å². The van der Waals surface area contributed by atoms with Gasteiger partial charge in [0, 0.05) is 19.0 Å². The SMILES string of the molecule is CC(C)CN(C)C(=O)C(C)NC(=O)C(C)(C)C. The quantitative estimate of drug-likeness (QED) is 0.815. The van der Waals surface area contributed by atoms with Gasteiger partial charge in [0.05, 0.1) is 0 Å². The van der Waals surface area contributed by atoms with Crippen LogP contribution in [0.2, 0.25) is 0 Å². The van der Waals surface area contributed by atoms with Gasteiger partial charge in [0.1, 0.15) is 6.04 Å². The van der Waals surface area contributed by atoms with Gasteiger partial charge in [0.25, 0.3) is 0 Å². The van der Waals surface area contributed by atoms with Crippen molar-refractivity contribution in [2.75, 3.05) is 13.6 Å². The summed E-state index contributed by atoms with van der Waals surface area (Å²) in [5.41, 5.74) is -0.467. The van der Waals surface area contributed by atoms with Crippen LogP contribution < -0.4 is 5.32 Å². The number of likely N-dealkylation sites (N-methyl/N-ethyl adjacent to an activating group) is 1. The lowest BCUT2D eigenvalue weighted by atomic mass is 9.95. The number of hydrogen-bond acceptors (Lipinski definition) is 2. The van der Waals surface area contributed by atoms with Gasteiger partial charge < -0.3 is 10.2 Å². The summed E-state index contributed by atoms with van der Waals surface area (Å²) in [7, 11) is 1.77. The molecule has 1 N–H and O–H groups in total. The molecular formula is C13H26N2O2. The van der Waals surface area contributed by atoms with E-state index in [2.05, 4.69) is 19.2 Å². The summed E-state index contributed by atoms with van der Waals surface area (Å²) >= 11 is 0. The summed E-state index contributed by atoms with van der Waals surface area (Å²) in [6.07, 6.45) is 0. The van der Waals surface area contributed by atoms with E-state index >= 15 is 0 Å². The van der Waals surface area contributed by atoms with Crippen LogP contribution in [-0.4, -0.2) is 36.3 Å². The zero-order valence-electron chi connectivity index (χ0n) is 12.1. The van der Waals surface area contributed by atoms with Gasteiger partial charge in [-0.05, 0) is 12.8 Å². The lowest BCUT2D eigenvalue weighted by molar-refractivity contribution is -0.137. The number of nitrogens with zero attached hydrogens (tertiary/aromatic N) is 1. The Morgan fingerprint density at radius 1 is 1.18 bits per heavy atom. The highest BCUT2D eigenvalue weighted by atomic mass is 16.2. The van der Waals surface area contributed by atoms with Crippen LogP contribution in [0, 0.1) is 11.3 Å². The fraction of sp³-hybridized carbons (Fsp3) is 0.846. The van der Waals surface area contributed by atoms with Crippen LogP contribution >= 0.6 is 0 Å². The van der Waals surface area contributed by atoms with Crippen molar-refractivity contribution in [3.05, 3.63) is 0 Å². The molecule has 100 valence electrons. The molecule has 0 aliphatic carbocycles. The fourth-order valence-electron chi connectivity index (χ4n) is 1.44. The van der Waals surface area contributed by atoms with E-state index in [-0.39, 0.29) is 11.8 Å². The smallest absolute Gasteiger partial charge is 0.244 e. The van der Waals surface area contributed by atoms with Crippen molar-refractivity contribution in [2.45, 2.75) is 47.6 Å². The molecule has 0 rings (SSSR count). The topological polar surface area (TPSA) is 49.4 Å². The van der Waals surface area contributed by atoms with Crippen LogP contribution in [0.25, 0.3) is 0 Å². The molecule has 17 heavy (non-hydrogen) atoms. The summed E-state index contributed by atoms with van der Waals surface area (Å²) in [6, 6.07) is -0.467. The first kappa shape index (κ1) is 15.9. The molecule has 4 heteroatoms. The second-order valence-electron chi connectivity index (χ2n) is 6.06. The third kappa shape index (κ3) is 5.71. The zero-order chi connectivity index (χ0) is 13.8. The largest absolute Gasteiger partial charge is 0.344 e. The van der Waals surface area contributed by atoms with Gasteiger partial charge >= 0.3 is 0 Å². The Morgan fingerprint density at radius 2 is 1.65 bits per heavy atom. The lowest BCUT2D eigenvalue weighted by Crippen LogP contribution is -2.49.